The Morgan fingerprint density at radius 3 is 1.90 bits per heavy atom. The van der Waals surface area contributed by atoms with Crippen molar-refractivity contribution in [1.29, 1.82) is 0 Å². The lowest BCUT2D eigenvalue weighted by molar-refractivity contribution is 0.673. The molecule has 3 aromatic heterocycles. The van der Waals surface area contributed by atoms with E-state index < -0.39 is 0 Å². The molecule has 0 unspecified atom stereocenters. The maximum absolute atomic E-state index is 6.80. The van der Waals surface area contributed by atoms with Gasteiger partial charge in [0.1, 0.15) is 11.2 Å². The van der Waals surface area contributed by atoms with E-state index in [2.05, 4.69) is 180 Å². The van der Waals surface area contributed by atoms with Crippen LogP contribution in [-0.4, -0.2) is 9.55 Å². The van der Waals surface area contributed by atoms with Crippen LogP contribution in [0.3, 0.4) is 0 Å². The van der Waals surface area contributed by atoms with Crippen LogP contribution in [0.1, 0.15) is 0 Å². The van der Waals surface area contributed by atoms with Crippen LogP contribution >= 0.6 is 0 Å². The van der Waals surface area contributed by atoms with Crippen molar-refractivity contribution in [3.8, 4) is 39.2 Å². The summed E-state index contributed by atoms with van der Waals surface area (Å²) >= 11 is 0. The van der Waals surface area contributed by atoms with Gasteiger partial charge in [-0.15, -0.1) is 0 Å². The Labute approximate surface area is 299 Å². The molecule has 0 saturated heterocycles. The maximum Gasteiger partial charge on any atom is 0.144 e. The molecule has 3 heteroatoms. The Morgan fingerprint density at radius 2 is 1.06 bits per heavy atom. The number of pyridine rings is 1. The molecule has 0 N–H and O–H groups in total. The summed E-state index contributed by atoms with van der Waals surface area (Å²) in [4.78, 5) is 5.14. The normalized spacial score (nSPS) is 11.8. The highest BCUT2D eigenvalue weighted by Gasteiger charge is 2.19. The molecule has 0 radical (unpaired) electrons. The number of aromatic nitrogens is 2. The van der Waals surface area contributed by atoms with Crippen LogP contribution in [-0.2, 0) is 0 Å². The molecule has 0 fully saturated rings. The zero-order valence-corrected chi connectivity index (χ0v) is 28.1. The van der Waals surface area contributed by atoms with Crippen molar-refractivity contribution >= 4 is 65.4 Å². The molecule has 8 aromatic carbocycles. The predicted molar refractivity (Wildman–Crippen MR) is 217 cm³/mol. The second-order valence-electron chi connectivity index (χ2n) is 13.5. The van der Waals surface area contributed by atoms with Gasteiger partial charge in [0, 0.05) is 49.0 Å². The maximum atomic E-state index is 6.80. The number of benzene rings is 8. The summed E-state index contributed by atoms with van der Waals surface area (Å²) in [7, 11) is 0. The smallest absolute Gasteiger partial charge is 0.144 e. The van der Waals surface area contributed by atoms with Crippen LogP contribution in [0.2, 0.25) is 0 Å². The van der Waals surface area contributed by atoms with Crippen molar-refractivity contribution < 1.29 is 4.42 Å². The first kappa shape index (κ1) is 28.8. The summed E-state index contributed by atoms with van der Waals surface area (Å²) in [6, 6.07) is 64.8. The highest BCUT2D eigenvalue weighted by atomic mass is 16.3. The molecule has 0 amide bonds. The Hall–Kier alpha value is -6.97. The molecule has 3 heterocycles. The second-order valence-corrected chi connectivity index (χ2v) is 13.5. The van der Waals surface area contributed by atoms with E-state index in [1.54, 1.807) is 0 Å². The Bertz CT molecular complexity index is 3150. The lowest BCUT2D eigenvalue weighted by atomic mass is 9.94. The standard InChI is InChI=1S/C49H30N2O/c1-3-12-33(13-4-1)48-40-28-29-41-46-36(18-11-21-45(46)52-49(41)47(40)39-17-7-9-19-42(39)50-48)32-24-22-31(23-25-32)34-26-27-38-37-16-8-10-20-43(37)51(44(38)30-34)35-14-5-2-6-15-35/h1-30H. The lowest BCUT2D eigenvalue weighted by Gasteiger charge is -2.11. The van der Waals surface area contributed by atoms with Gasteiger partial charge >= 0.3 is 0 Å². The minimum atomic E-state index is 0.880. The molecule has 3 nitrogen and oxygen atoms in total. The van der Waals surface area contributed by atoms with Crippen LogP contribution in [0.5, 0.6) is 0 Å². The van der Waals surface area contributed by atoms with E-state index >= 15 is 0 Å². The molecule has 0 spiro atoms. The average molecular weight is 663 g/mol. The molecular formula is C49H30N2O. The van der Waals surface area contributed by atoms with E-state index in [0.29, 0.717) is 0 Å². The van der Waals surface area contributed by atoms with Crippen molar-refractivity contribution in [1.82, 2.24) is 9.55 Å². The highest BCUT2D eigenvalue weighted by Crippen LogP contribution is 2.43. The van der Waals surface area contributed by atoms with Gasteiger partial charge < -0.3 is 8.98 Å². The van der Waals surface area contributed by atoms with Gasteiger partial charge in [-0.25, -0.2) is 4.98 Å². The molecule has 11 rings (SSSR count). The third-order valence-electron chi connectivity index (χ3n) is 10.6. The minimum absolute atomic E-state index is 0.880. The monoisotopic (exact) mass is 662 g/mol. The zero-order chi connectivity index (χ0) is 34.2. The number of furan rings is 1. The van der Waals surface area contributed by atoms with Gasteiger partial charge in [-0.3, -0.25) is 0 Å². The molecule has 242 valence electrons. The van der Waals surface area contributed by atoms with Crippen LogP contribution in [0.4, 0.5) is 0 Å². The zero-order valence-electron chi connectivity index (χ0n) is 28.1. The van der Waals surface area contributed by atoms with E-state index in [4.69, 9.17) is 9.40 Å². The number of nitrogens with zero attached hydrogens (tertiary/aromatic N) is 2. The van der Waals surface area contributed by atoms with E-state index in [9.17, 15) is 0 Å². The van der Waals surface area contributed by atoms with Crippen molar-refractivity contribution in [3.63, 3.8) is 0 Å². The Balaban J connectivity index is 1.07. The number of hydrogen-bond donors (Lipinski definition) is 0. The van der Waals surface area contributed by atoms with Gasteiger partial charge in [-0.05, 0) is 64.7 Å². The van der Waals surface area contributed by atoms with Gasteiger partial charge in [0.2, 0.25) is 0 Å². The van der Waals surface area contributed by atoms with E-state index in [-0.39, 0.29) is 0 Å². The summed E-state index contributed by atoms with van der Waals surface area (Å²) in [5.74, 6) is 0. The predicted octanol–water partition coefficient (Wildman–Crippen LogP) is 13.4. The third-order valence-corrected chi connectivity index (χ3v) is 10.6. The van der Waals surface area contributed by atoms with Crippen LogP contribution in [0.15, 0.2) is 186 Å². The molecule has 11 aromatic rings. The van der Waals surface area contributed by atoms with E-state index in [0.717, 1.165) is 71.7 Å². The SMILES string of the molecule is c1ccc(-c2nc3ccccc3c3c2ccc2c3oc3cccc(-c4ccc(-c5ccc6c7ccccc7n(-c7ccccc7)c6c5)cc4)c32)cc1. The van der Waals surface area contributed by atoms with Gasteiger partial charge in [0.25, 0.3) is 0 Å². The van der Waals surface area contributed by atoms with Crippen LogP contribution < -0.4 is 0 Å². The number of fused-ring (bicyclic) bond motifs is 10. The van der Waals surface area contributed by atoms with Crippen molar-refractivity contribution in [2.45, 2.75) is 0 Å². The van der Waals surface area contributed by atoms with Gasteiger partial charge in [0.05, 0.1) is 22.2 Å². The number of para-hydroxylation sites is 3. The summed E-state index contributed by atoms with van der Waals surface area (Å²) in [6.45, 7) is 0. The molecule has 0 bridgehead atoms. The second kappa shape index (κ2) is 11.3. The number of hydrogen-bond acceptors (Lipinski definition) is 2. The van der Waals surface area contributed by atoms with Gasteiger partial charge in [-0.1, -0.05) is 140 Å². The fourth-order valence-electron chi connectivity index (χ4n) is 8.22. The molecule has 0 aliphatic carbocycles. The Morgan fingerprint density at radius 1 is 0.404 bits per heavy atom. The first-order valence-corrected chi connectivity index (χ1v) is 17.7. The van der Waals surface area contributed by atoms with Crippen molar-refractivity contribution in [2.24, 2.45) is 0 Å². The summed E-state index contributed by atoms with van der Waals surface area (Å²) in [6.07, 6.45) is 0. The summed E-state index contributed by atoms with van der Waals surface area (Å²) in [5.41, 5.74) is 13.0. The van der Waals surface area contributed by atoms with Crippen molar-refractivity contribution in [2.75, 3.05) is 0 Å². The largest absolute Gasteiger partial charge is 0.455 e. The van der Waals surface area contributed by atoms with Crippen LogP contribution in [0.25, 0.3) is 105 Å². The van der Waals surface area contributed by atoms with Gasteiger partial charge in [-0.2, -0.15) is 0 Å². The average Bonchev–Trinajstić information content (AvgIpc) is 3.77. The van der Waals surface area contributed by atoms with Crippen molar-refractivity contribution in [3.05, 3.63) is 182 Å². The van der Waals surface area contributed by atoms with E-state index in [1.807, 2.05) is 6.07 Å². The molecular weight excluding hydrogens is 633 g/mol. The first-order valence-electron chi connectivity index (χ1n) is 17.7. The fraction of sp³-hybridized carbons (Fsp3) is 0. The Kier molecular flexibility index (Phi) is 6.25. The minimum Gasteiger partial charge on any atom is -0.455 e. The van der Waals surface area contributed by atoms with E-state index in [1.165, 1.54) is 32.9 Å². The topological polar surface area (TPSA) is 31.0 Å². The molecule has 52 heavy (non-hydrogen) atoms. The summed E-state index contributed by atoms with van der Waals surface area (Å²) < 4.78 is 9.18. The van der Waals surface area contributed by atoms with Crippen LogP contribution in [0, 0.1) is 0 Å². The molecule has 0 aliphatic heterocycles. The van der Waals surface area contributed by atoms with Gasteiger partial charge in [0.15, 0.2) is 0 Å². The molecule has 0 saturated carbocycles. The fourth-order valence-corrected chi connectivity index (χ4v) is 8.22. The quantitative estimate of drug-likeness (QED) is 0.176. The molecule has 0 atom stereocenters. The summed E-state index contributed by atoms with van der Waals surface area (Å²) in [5, 5.41) is 8.03. The lowest BCUT2D eigenvalue weighted by Crippen LogP contribution is -1.93. The molecule has 0 aliphatic rings. The third kappa shape index (κ3) is 4.30. The highest BCUT2D eigenvalue weighted by molar-refractivity contribution is 6.26. The number of rotatable bonds is 4. The first-order chi connectivity index (χ1) is 25.8.